The second-order valence-corrected chi connectivity index (χ2v) is 5.34. The zero-order valence-corrected chi connectivity index (χ0v) is 12.5. The molecule has 2 aromatic rings. The molecular formula is C17H20ClN. The van der Waals surface area contributed by atoms with Gasteiger partial charge in [0.05, 0.1) is 6.04 Å². The third-order valence-corrected chi connectivity index (χ3v) is 3.60. The van der Waals surface area contributed by atoms with Crippen molar-refractivity contribution in [3.8, 4) is 0 Å². The van der Waals surface area contributed by atoms with Crippen LogP contribution < -0.4 is 5.32 Å². The maximum absolute atomic E-state index is 5.97. The average molecular weight is 274 g/mol. The van der Waals surface area contributed by atoms with E-state index in [1.54, 1.807) is 0 Å². The van der Waals surface area contributed by atoms with Gasteiger partial charge in [0, 0.05) is 5.02 Å². The molecule has 0 saturated carbocycles. The Morgan fingerprint density at radius 1 is 1.05 bits per heavy atom. The molecule has 19 heavy (non-hydrogen) atoms. The van der Waals surface area contributed by atoms with Gasteiger partial charge in [-0.2, -0.15) is 0 Å². The van der Waals surface area contributed by atoms with Crippen molar-refractivity contribution in [2.75, 3.05) is 6.54 Å². The topological polar surface area (TPSA) is 12.0 Å². The molecular weight excluding hydrogens is 254 g/mol. The summed E-state index contributed by atoms with van der Waals surface area (Å²) in [6.45, 7) is 7.36. The minimum Gasteiger partial charge on any atom is -0.307 e. The van der Waals surface area contributed by atoms with Gasteiger partial charge < -0.3 is 5.32 Å². The average Bonchev–Trinajstić information content (AvgIpc) is 2.38. The number of rotatable bonds is 4. The molecule has 0 aromatic heterocycles. The molecule has 1 unspecified atom stereocenters. The second-order valence-electron chi connectivity index (χ2n) is 4.90. The van der Waals surface area contributed by atoms with Crippen LogP contribution in [0.5, 0.6) is 0 Å². The van der Waals surface area contributed by atoms with Crippen LogP contribution in [0.15, 0.2) is 42.5 Å². The lowest BCUT2D eigenvalue weighted by Crippen LogP contribution is -2.22. The summed E-state index contributed by atoms with van der Waals surface area (Å²) in [5, 5.41) is 4.33. The first-order chi connectivity index (χ1) is 9.11. The number of aryl methyl sites for hydroxylation is 2. The standard InChI is InChI=1S/C17H20ClN/c1-4-19-17(14-6-8-15(18)9-7-14)16-10-5-12(2)11-13(16)3/h5-11,17,19H,4H2,1-3H3. The largest absolute Gasteiger partial charge is 0.307 e. The van der Waals surface area contributed by atoms with Gasteiger partial charge in [-0.3, -0.25) is 0 Å². The van der Waals surface area contributed by atoms with E-state index in [1.807, 2.05) is 12.1 Å². The molecule has 2 heteroatoms. The molecule has 1 atom stereocenters. The lowest BCUT2D eigenvalue weighted by atomic mass is 9.94. The summed E-state index contributed by atoms with van der Waals surface area (Å²) in [6.07, 6.45) is 0. The van der Waals surface area contributed by atoms with E-state index in [9.17, 15) is 0 Å². The maximum Gasteiger partial charge on any atom is 0.0579 e. The number of hydrogen-bond donors (Lipinski definition) is 1. The summed E-state index contributed by atoms with van der Waals surface area (Å²) < 4.78 is 0. The summed E-state index contributed by atoms with van der Waals surface area (Å²) in [5.41, 5.74) is 5.20. The zero-order chi connectivity index (χ0) is 13.8. The number of halogens is 1. The molecule has 0 bridgehead atoms. The van der Waals surface area contributed by atoms with Crippen molar-refractivity contribution in [2.45, 2.75) is 26.8 Å². The molecule has 1 N–H and O–H groups in total. The molecule has 0 aliphatic heterocycles. The molecule has 0 spiro atoms. The van der Waals surface area contributed by atoms with Gasteiger partial charge in [0.15, 0.2) is 0 Å². The Bertz CT molecular complexity index is 546. The first kappa shape index (κ1) is 14.1. The van der Waals surface area contributed by atoms with Crippen LogP contribution in [0.25, 0.3) is 0 Å². The fourth-order valence-electron chi connectivity index (χ4n) is 2.42. The van der Waals surface area contributed by atoms with E-state index in [1.165, 1.54) is 22.3 Å². The number of hydrogen-bond acceptors (Lipinski definition) is 1. The molecule has 0 amide bonds. The van der Waals surface area contributed by atoms with Gasteiger partial charge in [-0.05, 0) is 49.2 Å². The van der Waals surface area contributed by atoms with Crippen molar-refractivity contribution in [2.24, 2.45) is 0 Å². The Hall–Kier alpha value is -1.31. The molecule has 0 aliphatic rings. The molecule has 1 nitrogen and oxygen atoms in total. The monoisotopic (exact) mass is 273 g/mol. The Morgan fingerprint density at radius 2 is 1.74 bits per heavy atom. The van der Waals surface area contributed by atoms with E-state index in [0.717, 1.165) is 11.6 Å². The quantitative estimate of drug-likeness (QED) is 0.855. The van der Waals surface area contributed by atoms with Crippen molar-refractivity contribution in [3.63, 3.8) is 0 Å². The third-order valence-electron chi connectivity index (χ3n) is 3.35. The Balaban J connectivity index is 2.41. The number of benzene rings is 2. The predicted molar refractivity (Wildman–Crippen MR) is 82.9 cm³/mol. The van der Waals surface area contributed by atoms with Crippen molar-refractivity contribution >= 4 is 11.6 Å². The lowest BCUT2D eigenvalue weighted by molar-refractivity contribution is 0.627. The van der Waals surface area contributed by atoms with E-state index in [4.69, 9.17) is 11.6 Å². The van der Waals surface area contributed by atoms with Crippen LogP contribution in [-0.4, -0.2) is 6.54 Å². The highest BCUT2D eigenvalue weighted by Crippen LogP contribution is 2.26. The van der Waals surface area contributed by atoms with Crippen LogP contribution in [0.2, 0.25) is 5.02 Å². The molecule has 0 saturated heterocycles. The van der Waals surface area contributed by atoms with E-state index < -0.39 is 0 Å². The van der Waals surface area contributed by atoms with E-state index in [-0.39, 0.29) is 6.04 Å². The second kappa shape index (κ2) is 6.23. The van der Waals surface area contributed by atoms with E-state index >= 15 is 0 Å². The lowest BCUT2D eigenvalue weighted by Gasteiger charge is -2.21. The first-order valence-electron chi connectivity index (χ1n) is 6.68. The van der Waals surface area contributed by atoms with Gasteiger partial charge in [-0.15, -0.1) is 0 Å². The Morgan fingerprint density at radius 3 is 2.32 bits per heavy atom. The molecule has 0 fully saturated rings. The van der Waals surface area contributed by atoms with Crippen molar-refractivity contribution < 1.29 is 0 Å². The highest BCUT2D eigenvalue weighted by molar-refractivity contribution is 6.30. The van der Waals surface area contributed by atoms with Crippen LogP contribution in [-0.2, 0) is 0 Å². The van der Waals surface area contributed by atoms with Gasteiger partial charge in [0.1, 0.15) is 0 Å². The highest BCUT2D eigenvalue weighted by Gasteiger charge is 2.14. The predicted octanol–water partition coefficient (Wildman–Crippen LogP) is 4.66. The fraction of sp³-hybridized carbons (Fsp3) is 0.294. The maximum atomic E-state index is 5.97. The summed E-state index contributed by atoms with van der Waals surface area (Å²) in [4.78, 5) is 0. The van der Waals surface area contributed by atoms with Crippen molar-refractivity contribution in [3.05, 3.63) is 69.7 Å². The highest BCUT2D eigenvalue weighted by atomic mass is 35.5. The molecule has 2 aromatic carbocycles. The normalized spacial score (nSPS) is 12.4. The van der Waals surface area contributed by atoms with Crippen LogP contribution in [0.3, 0.4) is 0 Å². The third kappa shape index (κ3) is 3.37. The fourth-order valence-corrected chi connectivity index (χ4v) is 2.54. The van der Waals surface area contributed by atoms with Crippen molar-refractivity contribution in [1.82, 2.24) is 5.32 Å². The summed E-state index contributed by atoms with van der Waals surface area (Å²) in [7, 11) is 0. The zero-order valence-electron chi connectivity index (χ0n) is 11.7. The van der Waals surface area contributed by atoms with Crippen LogP contribution in [0.1, 0.15) is 35.2 Å². The smallest absolute Gasteiger partial charge is 0.0579 e. The SMILES string of the molecule is CCNC(c1ccc(Cl)cc1)c1ccc(C)cc1C. The Kier molecular flexibility index (Phi) is 4.62. The Labute approximate surface area is 120 Å². The van der Waals surface area contributed by atoms with E-state index in [2.05, 4.69) is 56.4 Å². The molecule has 0 aliphatic carbocycles. The van der Waals surface area contributed by atoms with Crippen molar-refractivity contribution in [1.29, 1.82) is 0 Å². The van der Waals surface area contributed by atoms with Gasteiger partial charge >= 0.3 is 0 Å². The molecule has 100 valence electrons. The van der Waals surface area contributed by atoms with Gasteiger partial charge in [-0.25, -0.2) is 0 Å². The molecule has 2 rings (SSSR count). The summed E-state index contributed by atoms with van der Waals surface area (Å²) in [5.74, 6) is 0. The minimum absolute atomic E-state index is 0.225. The summed E-state index contributed by atoms with van der Waals surface area (Å²) in [6, 6.07) is 14.9. The van der Waals surface area contributed by atoms with Crippen LogP contribution >= 0.6 is 11.6 Å². The van der Waals surface area contributed by atoms with Gasteiger partial charge in [-0.1, -0.05) is 54.4 Å². The number of nitrogens with one attached hydrogen (secondary N) is 1. The van der Waals surface area contributed by atoms with Crippen LogP contribution in [0, 0.1) is 13.8 Å². The first-order valence-corrected chi connectivity index (χ1v) is 7.05. The van der Waals surface area contributed by atoms with Gasteiger partial charge in [0.2, 0.25) is 0 Å². The van der Waals surface area contributed by atoms with Gasteiger partial charge in [0.25, 0.3) is 0 Å². The summed E-state index contributed by atoms with van der Waals surface area (Å²) >= 11 is 5.97. The van der Waals surface area contributed by atoms with Crippen LogP contribution in [0.4, 0.5) is 0 Å². The minimum atomic E-state index is 0.225. The molecule has 0 radical (unpaired) electrons. The molecule has 0 heterocycles. The van der Waals surface area contributed by atoms with E-state index in [0.29, 0.717) is 0 Å².